The van der Waals surface area contributed by atoms with Gasteiger partial charge in [0.15, 0.2) is 0 Å². The normalized spacial score (nSPS) is 26.1. The number of carbonyl (C=O) groups excluding carboxylic acids is 1. The van der Waals surface area contributed by atoms with Crippen LogP contribution in [0.2, 0.25) is 0 Å². The molecule has 1 amide bonds. The van der Waals surface area contributed by atoms with Crippen LogP contribution in [-0.2, 0) is 0 Å². The zero-order valence-electron chi connectivity index (χ0n) is 11.5. The Kier molecular flexibility index (Phi) is 3.96. The number of halogens is 1. The van der Waals surface area contributed by atoms with Crippen LogP contribution in [-0.4, -0.2) is 28.9 Å². The molecule has 20 heavy (non-hydrogen) atoms. The van der Waals surface area contributed by atoms with Gasteiger partial charge in [0.05, 0.1) is 5.56 Å². The molecule has 2 heterocycles. The summed E-state index contributed by atoms with van der Waals surface area (Å²) in [6.07, 6.45) is 8.03. The highest BCUT2D eigenvalue weighted by Crippen LogP contribution is 2.36. The first-order chi connectivity index (χ1) is 9.65. The average Bonchev–Trinajstić information content (AvgIpc) is 2.48. The van der Waals surface area contributed by atoms with Crippen molar-refractivity contribution in [2.75, 3.05) is 18.8 Å². The van der Waals surface area contributed by atoms with E-state index in [9.17, 15) is 4.79 Å². The first-order valence-electron chi connectivity index (χ1n) is 7.35. The number of hydrogen-bond donors (Lipinski definition) is 1. The first kappa shape index (κ1) is 13.9. The van der Waals surface area contributed by atoms with Crippen molar-refractivity contribution in [1.29, 1.82) is 0 Å². The third-order valence-corrected chi connectivity index (χ3v) is 5.13. The van der Waals surface area contributed by atoms with Crippen LogP contribution < -0.4 is 5.73 Å². The van der Waals surface area contributed by atoms with Crippen molar-refractivity contribution >= 4 is 27.7 Å². The fourth-order valence-corrected chi connectivity index (χ4v) is 3.91. The molecule has 2 N–H and O–H groups in total. The number of carbonyl (C=O) groups is 1. The van der Waals surface area contributed by atoms with E-state index in [0.717, 1.165) is 29.9 Å². The summed E-state index contributed by atoms with van der Waals surface area (Å²) in [5, 5.41) is 0. The molecule has 0 radical (unpaired) electrons. The number of nitrogens with zero attached hydrogens (tertiary/aromatic N) is 2. The van der Waals surface area contributed by atoms with E-state index >= 15 is 0 Å². The van der Waals surface area contributed by atoms with E-state index in [-0.39, 0.29) is 5.91 Å². The number of pyridine rings is 1. The van der Waals surface area contributed by atoms with Gasteiger partial charge in [-0.2, -0.15) is 0 Å². The van der Waals surface area contributed by atoms with Crippen LogP contribution in [0, 0.1) is 11.8 Å². The maximum atomic E-state index is 12.6. The van der Waals surface area contributed by atoms with Crippen LogP contribution in [0.15, 0.2) is 16.7 Å². The second-order valence-corrected chi connectivity index (χ2v) is 6.85. The summed E-state index contributed by atoms with van der Waals surface area (Å²) < 4.78 is 0.794. The number of rotatable bonds is 1. The summed E-state index contributed by atoms with van der Waals surface area (Å²) in [5.74, 6) is 1.86. The van der Waals surface area contributed by atoms with Crippen LogP contribution >= 0.6 is 15.9 Å². The molecule has 0 spiro atoms. The number of piperidine rings is 1. The highest BCUT2D eigenvalue weighted by Gasteiger charge is 2.33. The van der Waals surface area contributed by atoms with Gasteiger partial charge in [-0.25, -0.2) is 4.98 Å². The first-order valence-corrected chi connectivity index (χ1v) is 8.14. The Morgan fingerprint density at radius 3 is 2.85 bits per heavy atom. The molecule has 2 aliphatic rings. The molecule has 5 heteroatoms. The number of aromatic nitrogens is 1. The lowest BCUT2D eigenvalue weighted by Gasteiger charge is -2.41. The Morgan fingerprint density at radius 2 is 2.05 bits per heavy atom. The van der Waals surface area contributed by atoms with Gasteiger partial charge < -0.3 is 10.6 Å². The average molecular weight is 338 g/mol. The van der Waals surface area contributed by atoms with Gasteiger partial charge in [-0.3, -0.25) is 4.79 Å². The van der Waals surface area contributed by atoms with Gasteiger partial charge in [-0.15, -0.1) is 0 Å². The Labute approximate surface area is 127 Å². The van der Waals surface area contributed by atoms with Crippen molar-refractivity contribution in [3.8, 4) is 0 Å². The van der Waals surface area contributed by atoms with Crippen molar-refractivity contribution in [2.24, 2.45) is 11.8 Å². The highest BCUT2D eigenvalue weighted by molar-refractivity contribution is 9.10. The van der Waals surface area contributed by atoms with E-state index < -0.39 is 0 Å². The molecule has 2 unspecified atom stereocenters. The minimum Gasteiger partial charge on any atom is -0.383 e. The zero-order chi connectivity index (χ0) is 14.1. The molecule has 4 nitrogen and oxygen atoms in total. The fraction of sp³-hybridized carbons (Fsp3) is 0.600. The quantitative estimate of drug-likeness (QED) is 0.856. The fourth-order valence-electron chi connectivity index (χ4n) is 3.58. The Morgan fingerprint density at radius 1 is 1.30 bits per heavy atom. The summed E-state index contributed by atoms with van der Waals surface area (Å²) in [4.78, 5) is 18.7. The number of likely N-dealkylation sites (tertiary alicyclic amines) is 1. The molecule has 3 rings (SSSR count). The second kappa shape index (κ2) is 5.72. The predicted octanol–water partition coefficient (Wildman–Crippen LogP) is 3.08. The lowest BCUT2D eigenvalue weighted by atomic mass is 9.75. The lowest BCUT2D eigenvalue weighted by molar-refractivity contribution is 0.0521. The Balaban J connectivity index is 1.76. The number of nitrogen functional groups attached to an aromatic ring is 1. The van der Waals surface area contributed by atoms with Crippen LogP contribution in [0.5, 0.6) is 0 Å². The number of hydrogen-bond acceptors (Lipinski definition) is 3. The molecule has 1 aromatic rings. The molecule has 1 aliphatic heterocycles. The van der Waals surface area contributed by atoms with Crippen LogP contribution in [0.1, 0.15) is 42.5 Å². The largest absolute Gasteiger partial charge is 0.383 e. The third kappa shape index (κ3) is 2.68. The van der Waals surface area contributed by atoms with Crippen LogP contribution in [0.4, 0.5) is 5.82 Å². The van der Waals surface area contributed by atoms with Crippen molar-refractivity contribution < 1.29 is 4.79 Å². The van der Waals surface area contributed by atoms with E-state index in [4.69, 9.17) is 5.73 Å². The van der Waals surface area contributed by atoms with E-state index in [1.165, 1.54) is 25.7 Å². The molecule has 2 atom stereocenters. The molecule has 1 saturated heterocycles. The third-order valence-electron chi connectivity index (χ3n) is 4.69. The monoisotopic (exact) mass is 337 g/mol. The SMILES string of the molecule is Nc1ncc(Br)cc1C(=O)N1CCC2CCCCC2C1. The standard InChI is InChI=1S/C15H20BrN3O/c16-12-7-13(14(17)18-8-12)15(20)19-6-5-10-3-1-2-4-11(10)9-19/h7-8,10-11H,1-6,9H2,(H2,17,18). The summed E-state index contributed by atoms with van der Waals surface area (Å²) in [6.45, 7) is 1.74. The lowest BCUT2D eigenvalue weighted by Crippen LogP contribution is -2.45. The number of nitrogens with two attached hydrogens (primary N) is 1. The van der Waals surface area contributed by atoms with Gasteiger partial charge in [0, 0.05) is 23.8 Å². The van der Waals surface area contributed by atoms with Crippen molar-refractivity contribution in [2.45, 2.75) is 32.1 Å². The molecule has 2 fully saturated rings. The van der Waals surface area contributed by atoms with Gasteiger partial charge in [-0.1, -0.05) is 19.3 Å². The summed E-state index contributed by atoms with van der Waals surface area (Å²) in [5.41, 5.74) is 6.37. The van der Waals surface area contributed by atoms with E-state index in [0.29, 0.717) is 17.3 Å². The van der Waals surface area contributed by atoms with Crippen molar-refractivity contribution in [1.82, 2.24) is 9.88 Å². The minimum atomic E-state index is 0.0281. The maximum absolute atomic E-state index is 12.6. The second-order valence-electron chi connectivity index (χ2n) is 5.93. The van der Waals surface area contributed by atoms with E-state index in [2.05, 4.69) is 20.9 Å². The molecule has 1 aromatic heterocycles. The number of anilines is 1. The van der Waals surface area contributed by atoms with E-state index in [1.54, 1.807) is 12.3 Å². The summed E-state index contributed by atoms with van der Waals surface area (Å²) in [6, 6.07) is 1.78. The maximum Gasteiger partial charge on any atom is 0.257 e. The minimum absolute atomic E-state index is 0.0281. The Hall–Kier alpha value is -1.10. The molecule has 108 valence electrons. The molecular weight excluding hydrogens is 318 g/mol. The van der Waals surface area contributed by atoms with E-state index in [1.807, 2.05) is 4.90 Å². The molecule has 0 aromatic carbocycles. The van der Waals surface area contributed by atoms with Gasteiger partial charge in [0.25, 0.3) is 5.91 Å². The van der Waals surface area contributed by atoms with Crippen molar-refractivity contribution in [3.63, 3.8) is 0 Å². The zero-order valence-corrected chi connectivity index (χ0v) is 13.1. The molecule has 0 bridgehead atoms. The number of fused-ring (bicyclic) bond motifs is 1. The van der Waals surface area contributed by atoms with Crippen LogP contribution in [0.25, 0.3) is 0 Å². The summed E-state index contributed by atoms with van der Waals surface area (Å²) in [7, 11) is 0. The summed E-state index contributed by atoms with van der Waals surface area (Å²) >= 11 is 3.36. The molecular formula is C15H20BrN3O. The smallest absolute Gasteiger partial charge is 0.257 e. The van der Waals surface area contributed by atoms with Crippen LogP contribution in [0.3, 0.4) is 0 Å². The molecule has 1 saturated carbocycles. The van der Waals surface area contributed by atoms with Gasteiger partial charge >= 0.3 is 0 Å². The van der Waals surface area contributed by atoms with Gasteiger partial charge in [0.2, 0.25) is 0 Å². The van der Waals surface area contributed by atoms with Gasteiger partial charge in [-0.05, 0) is 46.7 Å². The predicted molar refractivity (Wildman–Crippen MR) is 82.3 cm³/mol. The Bertz CT molecular complexity index is 520. The van der Waals surface area contributed by atoms with Crippen molar-refractivity contribution in [3.05, 3.63) is 22.3 Å². The molecule has 1 aliphatic carbocycles. The topological polar surface area (TPSA) is 59.2 Å². The van der Waals surface area contributed by atoms with Gasteiger partial charge in [0.1, 0.15) is 5.82 Å². The highest BCUT2D eigenvalue weighted by atomic mass is 79.9. The number of amides is 1.